The summed E-state index contributed by atoms with van der Waals surface area (Å²) in [6, 6.07) is 0.159. The van der Waals surface area contributed by atoms with Crippen molar-refractivity contribution in [3.8, 4) is 0 Å². The summed E-state index contributed by atoms with van der Waals surface area (Å²) in [5.41, 5.74) is 0.379. The lowest BCUT2D eigenvalue weighted by molar-refractivity contribution is -0.139. The quantitative estimate of drug-likeness (QED) is 0.766. The van der Waals surface area contributed by atoms with Crippen molar-refractivity contribution in [2.45, 2.75) is 72.8 Å². The number of carbonyl (C=O) groups is 2. The van der Waals surface area contributed by atoms with Crippen LogP contribution in [0.2, 0.25) is 0 Å². The van der Waals surface area contributed by atoms with Gasteiger partial charge in [0.05, 0.1) is 0 Å². The molecule has 0 heterocycles. The molecule has 0 atom stereocenters. The van der Waals surface area contributed by atoms with Gasteiger partial charge < -0.3 is 10.6 Å². The molecular formula is C17H32N2O2. The van der Waals surface area contributed by atoms with E-state index < -0.39 is 11.8 Å². The number of rotatable bonds is 5. The fraction of sp³-hybridized carbons (Fsp3) is 0.882. The van der Waals surface area contributed by atoms with Crippen molar-refractivity contribution in [2.75, 3.05) is 6.54 Å². The highest BCUT2D eigenvalue weighted by Crippen LogP contribution is 2.40. The van der Waals surface area contributed by atoms with Gasteiger partial charge in [-0.3, -0.25) is 9.59 Å². The molecule has 1 fully saturated rings. The van der Waals surface area contributed by atoms with Crippen LogP contribution in [0, 0.1) is 17.3 Å². The molecule has 0 aliphatic heterocycles. The molecule has 0 aromatic carbocycles. The average molecular weight is 296 g/mol. The number of nitrogens with one attached hydrogen (secondary N) is 2. The van der Waals surface area contributed by atoms with Crippen molar-refractivity contribution in [3.05, 3.63) is 0 Å². The van der Waals surface area contributed by atoms with Gasteiger partial charge in [0.2, 0.25) is 0 Å². The average Bonchev–Trinajstić information content (AvgIpc) is 2.45. The van der Waals surface area contributed by atoms with E-state index in [2.05, 4.69) is 31.4 Å². The summed E-state index contributed by atoms with van der Waals surface area (Å²) in [5, 5.41) is 5.54. The summed E-state index contributed by atoms with van der Waals surface area (Å²) >= 11 is 0. The van der Waals surface area contributed by atoms with Gasteiger partial charge in [0, 0.05) is 12.6 Å². The van der Waals surface area contributed by atoms with Crippen LogP contribution in [0.25, 0.3) is 0 Å². The Morgan fingerprint density at radius 1 is 1.10 bits per heavy atom. The van der Waals surface area contributed by atoms with Gasteiger partial charge in [-0.05, 0) is 42.9 Å². The van der Waals surface area contributed by atoms with Crippen LogP contribution >= 0.6 is 0 Å². The topological polar surface area (TPSA) is 58.2 Å². The zero-order chi connectivity index (χ0) is 16.0. The molecule has 1 saturated carbocycles. The summed E-state index contributed by atoms with van der Waals surface area (Å²) in [5.74, 6) is 0.104. The zero-order valence-corrected chi connectivity index (χ0v) is 14.3. The Morgan fingerprint density at radius 2 is 1.67 bits per heavy atom. The van der Waals surface area contributed by atoms with Gasteiger partial charge in [-0.2, -0.15) is 0 Å². The first-order chi connectivity index (χ1) is 9.76. The Bertz CT molecular complexity index is 356. The Morgan fingerprint density at radius 3 is 2.14 bits per heavy atom. The van der Waals surface area contributed by atoms with Crippen LogP contribution in [0.1, 0.15) is 66.7 Å². The predicted octanol–water partition coefficient (Wildman–Crippen LogP) is 2.87. The molecule has 1 aliphatic rings. The molecule has 21 heavy (non-hydrogen) atoms. The van der Waals surface area contributed by atoms with Gasteiger partial charge in [-0.1, -0.05) is 41.0 Å². The first-order valence-corrected chi connectivity index (χ1v) is 8.35. The van der Waals surface area contributed by atoms with Gasteiger partial charge in [-0.15, -0.1) is 0 Å². The molecule has 4 nitrogen and oxygen atoms in total. The van der Waals surface area contributed by atoms with Gasteiger partial charge >= 0.3 is 11.8 Å². The number of hydrogen-bond acceptors (Lipinski definition) is 2. The van der Waals surface area contributed by atoms with E-state index >= 15 is 0 Å². The van der Waals surface area contributed by atoms with Crippen molar-refractivity contribution in [1.29, 1.82) is 0 Å². The highest BCUT2D eigenvalue weighted by atomic mass is 16.2. The monoisotopic (exact) mass is 296 g/mol. The van der Waals surface area contributed by atoms with Crippen LogP contribution < -0.4 is 10.6 Å². The molecule has 122 valence electrons. The van der Waals surface area contributed by atoms with Crippen molar-refractivity contribution in [1.82, 2.24) is 10.6 Å². The maximum Gasteiger partial charge on any atom is 0.309 e. The fourth-order valence-electron chi connectivity index (χ4n) is 2.94. The highest BCUT2D eigenvalue weighted by molar-refractivity contribution is 6.35. The second kappa shape index (κ2) is 7.81. The van der Waals surface area contributed by atoms with Gasteiger partial charge in [-0.25, -0.2) is 0 Å². The molecule has 2 N–H and O–H groups in total. The maximum absolute atomic E-state index is 11.8. The molecule has 4 heteroatoms. The number of carbonyl (C=O) groups excluding carboxylic acids is 2. The molecule has 1 rings (SSSR count). The number of hydrogen-bond donors (Lipinski definition) is 2. The summed E-state index contributed by atoms with van der Waals surface area (Å²) in [6.45, 7) is 11.5. The van der Waals surface area contributed by atoms with E-state index in [4.69, 9.17) is 0 Å². The van der Waals surface area contributed by atoms with E-state index in [1.54, 1.807) is 0 Å². The number of amides is 2. The predicted molar refractivity (Wildman–Crippen MR) is 85.8 cm³/mol. The van der Waals surface area contributed by atoms with Crippen LogP contribution in [-0.4, -0.2) is 24.4 Å². The van der Waals surface area contributed by atoms with E-state index in [1.807, 2.05) is 13.8 Å². The Balaban J connectivity index is 2.35. The first-order valence-electron chi connectivity index (χ1n) is 8.35. The molecule has 0 saturated heterocycles. The lowest BCUT2D eigenvalue weighted by atomic mass is 9.69. The molecule has 0 radical (unpaired) electrons. The van der Waals surface area contributed by atoms with Crippen LogP contribution in [-0.2, 0) is 9.59 Å². The molecule has 0 unspecified atom stereocenters. The minimum atomic E-state index is -0.500. The molecule has 2 amide bonds. The minimum absolute atomic E-state index is 0.159. The maximum atomic E-state index is 11.8. The van der Waals surface area contributed by atoms with Crippen molar-refractivity contribution >= 4 is 11.8 Å². The third-order valence-corrected chi connectivity index (χ3v) is 4.96. The summed E-state index contributed by atoms with van der Waals surface area (Å²) < 4.78 is 0. The molecular weight excluding hydrogens is 264 g/mol. The van der Waals surface area contributed by atoms with Crippen LogP contribution in [0.4, 0.5) is 0 Å². The first kappa shape index (κ1) is 18.0. The van der Waals surface area contributed by atoms with E-state index in [1.165, 1.54) is 6.42 Å². The SMILES string of the molecule is CCC(C)(C)C1CCC(NC(=O)C(=O)NCC(C)C)CC1. The second-order valence-electron chi connectivity index (χ2n) is 7.47. The zero-order valence-electron chi connectivity index (χ0n) is 14.3. The van der Waals surface area contributed by atoms with E-state index in [0.29, 0.717) is 17.9 Å². The van der Waals surface area contributed by atoms with E-state index in [9.17, 15) is 9.59 Å². The van der Waals surface area contributed by atoms with Crippen LogP contribution in [0.5, 0.6) is 0 Å². The van der Waals surface area contributed by atoms with Gasteiger partial charge in [0.15, 0.2) is 0 Å². The Hall–Kier alpha value is -1.06. The largest absolute Gasteiger partial charge is 0.348 e. The third-order valence-electron chi connectivity index (χ3n) is 4.96. The molecule has 1 aliphatic carbocycles. The summed E-state index contributed by atoms with van der Waals surface area (Å²) in [6.07, 6.45) is 5.43. The fourth-order valence-corrected chi connectivity index (χ4v) is 2.94. The Kier molecular flexibility index (Phi) is 6.69. The lowest BCUT2D eigenvalue weighted by Crippen LogP contribution is -2.47. The van der Waals surface area contributed by atoms with Crippen molar-refractivity contribution in [3.63, 3.8) is 0 Å². The van der Waals surface area contributed by atoms with Gasteiger partial charge in [0.1, 0.15) is 0 Å². The van der Waals surface area contributed by atoms with E-state index in [0.717, 1.165) is 31.6 Å². The standard InChI is InChI=1S/C17H32N2O2/c1-6-17(4,5)13-7-9-14(10-8-13)19-16(21)15(20)18-11-12(2)3/h12-14H,6-11H2,1-5H3,(H,18,20)(H,19,21). The molecule has 0 aromatic rings. The normalized spacial score (nSPS) is 23.0. The van der Waals surface area contributed by atoms with Crippen molar-refractivity contribution < 1.29 is 9.59 Å². The second-order valence-corrected chi connectivity index (χ2v) is 7.47. The highest BCUT2D eigenvalue weighted by Gasteiger charge is 2.32. The summed E-state index contributed by atoms with van der Waals surface area (Å²) in [4.78, 5) is 23.5. The smallest absolute Gasteiger partial charge is 0.309 e. The molecule has 0 spiro atoms. The van der Waals surface area contributed by atoms with E-state index in [-0.39, 0.29) is 6.04 Å². The van der Waals surface area contributed by atoms with Crippen LogP contribution in [0.3, 0.4) is 0 Å². The van der Waals surface area contributed by atoms with Gasteiger partial charge in [0.25, 0.3) is 0 Å². The van der Waals surface area contributed by atoms with Crippen LogP contribution in [0.15, 0.2) is 0 Å². The molecule has 0 bridgehead atoms. The lowest BCUT2D eigenvalue weighted by Gasteiger charge is -2.39. The minimum Gasteiger partial charge on any atom is -0.348 e. The third kappa shape index (κ3) is 5.68. The molecule has 0 aromatic heterocycles. The van der Waals surface area contributed by atoms with Crippen molar-refractivity contribution in [2.24, 2.45) is 17.3 Å². The summed E-state index contributed by atoms with van der Waals surface area (Å²) in [7, 11) is 0. The Labute approximate surface area is 129 Å².